The Morgan fingerprint density at radius 2 is 2.16 bits per heavy atom. The Labute approximate surface area is 119 Å². The normalized spacial score (nSPS) is 23.1. The van der Waals surface area contributed by atoms with Gasteiger partial charge in [-0.05, 0) is 37.3 Å². The van der Waals surface area contributed by atoms with Crippen LogP contribution in [0.2, 0.25) is 5.02 Å². The Morgan fingerprint density at radius 3 is 2.89 bits per heavy atom. The second-order valence-corrected chi connectivity index (χ2v) is 5.66. The first-order chi connectivity index (χ1) is 9.16. The fraction of sp³-hybridized carbons (Fsp3) is 0.533. The van der Waals surface area contributed by atoms with Crippen molar-refractivity contribution in [1.29, 1.82) is 0 Å². The minimum Gasteiger partial charge on any atom is -0.356 e. The maximum atomic E-state index is 12.0. The molecule has 0 heterocycles. The molecule has 1 aromatic rings. The van der Waals surface area contributed by atoms with Crippen molar-refractivity contribution in [3.8, 4) is 0 Å². The van der Waals surface area contributed by atoms with Crippen LogP contribution in [-0.2, 0) is 11.2 Å². The van der Waals surface area contributed by atoms with Crippen LogP contribution in [0.3, 0.4) is 0 Å². The van der Waals surface area contributed by atoms with E-state index in [0.29, 0.717) is 6.54 Å². The predicted molar refractivity (Wildman–Crippen MR) is 78.1 cm³/mol. The zero-order valence-electron chi connectivity index (χ0n) is 11.1. The highest BCUT2D eigenvalue weighted by atomic mass is 35.5. The molecule has 1 amide bonds. The molecule has 0 bridgehead atoms. The highest BCUT2D eigenvalue weighted by Gasteiger charge is 2.24. The molecule has 0 aliphatic heterocycles. The molecule has 2 atom stereocenters. The van der Waals surface area contributed by atoms with Crippen LogP contribution in [0.5, 0.6) is 0 Å². The third-order valence-electron chi connectivity index (χ3n) is 3.74. The number of hydrogen-bond acceptors (Lipinski definition) is 2. The van der Waals surface area contributed by atoms with Gasteiger partial charge in [0.2, 0.25) is 5.91 Å². The predicted octanol–water partition coefficient (Wildman–Crippen LogP) is 2.52. The van der Waals surface area contributed by atoms with Crippen molar-refractivity contribution in [1.82, 2.24) is 5.32 Å². The number of rotatable bonds is 4. The van der Waals surface area contributed by atoms with Crippen molar-refractivity contribution in [3.63, 3.8) is 0 Å². The van der Waals surface area contributed by atoms with Gasteiger partial charge in [-0.15, -0.1) is 0 Å². The summed E-state index contributed by atoms with van der Waals surface area (Å²) in [6.07, 6.45) is 4.65. The van der Waals surface area contributed by atoms with Crippen LogP contribution in [0.1, 0.15) is 31.2 Å². The second kappa shape index (κ2) is 6.92. The molecule has 0 saturated heterocycles. The summed E-state index contributed by atoms with van der Waals surface area (Å²) in [5, 5.41) is 3.76. The van der Waals surface area contributed by atoms with Gasteiger partial charge in [-0.1, -0.05) is 36.2 Å². The van der Waals surface area contributed by atoms with E-state index in [1.54, 1.807) is 0 Å². The number of hydrogen-bond donors (Lipinski definition) is 2. The molecule has 0 aromatic heterocycles. The summed E-state index contributed by atoms with van der Waals surface area (Å²) in [4.78, 5) is 12.0. The average molecular weight is 281 g/mol. The number of carbonyl (C=O) groups excluding carboxylic acids is 1. The lowest BCUT2D eigenvalue weighted by molar-refractivity contribution is -0.126. The number of nitrogens with two attached hydrogens (primary N) is 1. The van der Waals surface area contributed by atoms with Crippen molar-refractivity contribution in [2.75, 3.05) is 6.54 Å². The molecular weight excluding hydrogens is 260 g/mol. The summed E-state index contributed by atoms with van der Waals surface area (Å²) in [5.41, 5.74) is 6.98. The minimum atomic E-state index is 0.0926. The molecule has 1 aliphatic carbocycles. The van der Waals surface area contributed by atoms with Crippen molar-refractivity contribution in [2.45, 2.75) is 38.1 Å². The zero-order valence-corrected chi connectivity index (χ0v) is 11.8. The highest BCUT2D eigenvalue weighted by molar-refractivity contribution is 6.31. The Morgan fingerprint density at radius 1 is 1.37 bits per heavy atom. The fourth-order valence-electron chi connectivity index (χ4n) is 2.63. The molecule has 3 N–H and O–H groups in total. The van der Waals surface area contributed by atoms with Crippen LogP contribution in [0.4, 0.5) is 0 Å². The molecule has 2 unspecified atom stereocenters. The van der Waals surface area contributed by atoms with Gasteiger partial charge in [0.15, 0.2) is 0 Å². The summed E-state index contributed by atoms with van der Waals surface area (Å²) in [6, 6.07) is 7.93. The number of carbonyl (C=O) groups is 1. The Kier molecular flexibility index (Phi) is 5.23. The molecule has 1 aliphatic rings. The van der Waals surface area contributed by atoms with Gasteiger partial charge >= 0.3 is 0 Å². The molecular formula is C15H21ClN2O. The first kappa shape index (κ1) is 14.4. The molecule has 19 heavy (non-hydrogen) atoms. The molecule has 4 heteroatoms. The summed E-state index contributed by atoms with van der Waals surface area (Å²) in [5.74, 6) is 0.234. The van der Waals surface area contributed by atoms with Gasteiger partial charge < -0.3 is 11.1 Å². The van der Waals surface area contributed by atoms with E-state index >= 15 is 0 Å². The van der Waals surface area contributed by atoms with Crippen LogP contribution in [-0.4, -0.2) is 18.5 Å². The minimum absolute atomic E-state index is 0.0926. The molecule has 1 aromatic carbocycles. The van der Waals surface area contributed by atoms with Crippen LogP contribution in [0.25, 0.3) is 0 Å². The van der Waals surface area contributed by atoms with Gasteiger partial charge in [0.25, 0.3) is 0 Å². The van der Waals surface area contributed by atoms with E-state index in [2.05, 4.69) is 5.32 Å². The third-order valence-corrected chi connectivity index (χ3v) is 4.11. The van der Waals surface area contributed by atoms with Gasteiger partial charge in [-0.2, -0.15) is 0 Å². The Hall–Kier alpha value is -1.06. The molecule has 2 rings (SSSR count). The topological polar surface area (TPSA) is 55.1 Å². The van der Waals surface area contributed by atoms with Gasteiger partial charge in [0, 0.05) is 23.5 Å². The lowest BCUT2D eigenvalue weighted by atomic mass is 9.85. The Bertz CT molecular complexity index is 436. The van der Waals surface area contributed by atoms with E-state index in [1.165, 1.54) is 0 Å². The van der Waals surface area contributed by atoms with Crippen LogP contribution in [0, 0.1) is 5.92 Å². The lowest BCUT2D eigenvalue weighted by Crippen LogP contribution is -2.38. The smallest absolute Gasteiger partial charge is 0.223 e. The van der Waals surface area contributed by atoms with Crippen molar-refractivity contribution in [2.24, 2.45) is 11.7 Å². The monoisotopic (exact) mass is 280 g/mol. The van der Waals surface area contributed by atoms with E-state index in [4.69, 9.17) is 17.3 Å². The van der Waals surface area contributed by atoms with E-state index in [9.17, 15) is 4.79 Å². The lowest BCUT2D eigenvalue weighted by Gasteiger charge is -2.25. The maximum absolute atomic E-state index is 12.0. The molecule has 1 fully saturated rings. The van der Waals surface area contributed by atoms with Crippen molar-refractivity contribution < 1.29 is 4.79 Å². The number of nitrogens with one attached hydrogen (secondary N) is 1. The van der Waals surface area contributed by atoms with Crippen LogP contribution >= 0.6 is 11.6 Å². The maximum Gasteiger partial charge on any atom is 0.223 e. The number of benzene rings is 1. The van der Waals surface area contributed by atoms with Crippen LogP contribution in [0.15, 0.2) is 24.3 Å². The first-order valence-corrected chi connectivity index (χ1v) is 7.31. The fourth-order valence-corrected chi connectivity index (χ4v) is 2.86. The van der Waals surface area contributed by atoms with Crippen molar-refractivity contribution in [3.05, 3.63) is 34.9 Å². The SMILES string of the molecule is NC1CCCC(C(=O)NCCc2ccccc2Cl)C1. The van der Waals surface area contributed by atoms with Crippen molar-refractivity contribution >= 4 is 17.5 Å². The molecule has 1 saturated carbocycles. The second-order valence-electron chi connectivity index (χ2n) is 5.26. The molecule has 104 valence electrons. The van der Waals surface area contributed by atoms with Gasteiger partial charge in [-0.25, -0.2) is 0 Å². The van der Waals surface area contributed by atoms with Crippen LogP contribution < -0.4 is 11.1 Å². The van der Waals surface area contributed by atoms with Gasteiger partial charge in [0.05, 0.1) is 0 Å². The van der Waals surface area contributed by atoms with E-state index in [0.717, 1.165) is 42.7 Å². The molecule has 0 spiro atoms. The third kappa shape index (κ3) is 4.22. The van der Waals surface area contributed by atoms with E-state index < -0.39 is 0 Å². The summed E-state index contributed by atoms with van der Waals surface area (Å²) in [6.45, 7) is 0.633. The quantitative estimate of drug-likeness (QED) is 0.890. The van der Waals surface area contributed by atoms with Gasteiger partial charge in [-0.3, -0.25) is 4.79 Å². The highest BCUT2D eigenvalue weighted by Crippen LogP contribution is 2.23. The zero-order chi connectivity index (χ0) is 13.7. The summed E-state index contributed by atoms with van der Waals surface area (Å²) in [7, 11) is 0. The van der Waals surface area contributed by atoms with E-state index in [-0.39, 0.29) is 17.9 Å². The summed E-state index contributed by atoms with van der Waals surface area (Å²) < 4.78 is 0. The average Bonchev–Trinajstić information content (AvgIpc) is 2.41. The molecule has 3 nitrogen and oxygen atoms in total. The largest absolute Gasteiger partial charge is 0.356 e. The Balaban J connectivity index is 1.76. The van der Waals surface area contributed by atoms with E-state index in [1.807, 2.05) is 24.3 Å². The first-order valence-electron chi connectivity index (χ1n) is 6.93. The summed E-state index contributed by atoms with van der Waals surface area (Å²) >= 11 is 6.08. The number of halogens is 1. The number of amides is 1. The molecule has 0 radical (unpaired) electrons. The van der Waals surface area contributed by atoms with Gasteiger partial charge in [0.1, 0.15) is 0 Å². The standard InChI is InChI=1S/C15H21ClN2O/c16-14-7-2-1-4-11(14)8-9-18-15(19)12-5-3-6-13(17)10-12/h1-2,4,7,12-13H,3,5-6,8-10,17H2,(H,18,19).